The van der Waals surface area contributed by atoms with Crippen LogP contribution in [0.1, 0.15) is 61.8 Å². The van der Waals surface area contributed by atoms with Crippen LogP contribution in [0.5, 0.6) is 5.75 Å². The molecule has 1 aliphatic rings. The number of imide groups is 1. The van der Waals surface area contributed by atoms with Crippen LogP contribution in [0.4, 0.5) is 9.59 Å². The average molecular weight is 550 g/mol. The predicted octanol–water partition coefficient (Wildman–Crippen LogP) is 5.29. The molecule has 2 rings (SSSR count). The Morgan fingerprint density at radius 2 is 1.62 bits per heavy atom. The first-order valence-electron chi connectivity index (χ1n) is 13.2. The molecule has 10 heteroatoms. The lowest BCUT2D eigenvalue weighted by molar-refractivity contribution is -0.168. The fourth-order valence-electron chi connectivity index (χ4n) is 3.71. The van der Waals surface area contributed by atoms with Crippen molar-refractivity contribution < 1.29 is 42.8 Å². The first-order valence-corrected chi connectivity index (χ1v) is 13.2. The average Bonchev–Trinajstić information content (AvgIpc) is 2.86. The van der Waals surface area contributed by atoms with Gasteiger partial charge in [0.15, 0.2) is 12.1 Å². The minimum atomic E-state index is -1.48. The van der Waals surface area contributed by atoms with Crippen molar-refractivity contribution in [2.75, 3.05) is 13.2 Å². The van der Waals surface area contributed by atoms with E-state index in [1.165, 1.54) is 0 Å². The summed E-state index contributed by atoms with van der Waals surface area (Å²) in [6.45, 7) is 16.9. The normalized spacial score (nSPS) is 23.2. The summed E-state index contributed by atoms with van der Waals surface area (Å²) in [7, 11) is 0. The molecule has 1 aromatic rings. The summed E-state index contributed by atoms with van der Waals surface area (Å²) in [5, 5.41) is 0. The molecule has 39 heavy (non-hydrogen) atoms. The topological polar surface area (TPSA) is 110 Å². The summed E-state index contributed by atoms with van der Waals surface area (Å²) in [6.07, 6.45) is -2.46. The molecule has 0 saturated carbocycles. The number of hydrogen-bond donors (Lipinski definition) is 0. The van der Waals surface area contributed by atoms with Gasteiger partial charge in [0.2, 0.25) is 0 Å². The van der Waals surface area contributed by atoms with Crippen molar-refractivity contribution in [3.8, 4) is 5.75 Å². The number of cyclic esters (lactones) is 1. The summed E-state index contributed by atoms with van der Waals surface area (Å²) < 4.78 is 35.0. The molecule has 2 amide bonds. The smallest absolute Gasteiger partial charge is 0.420 e. The van der Waals surface area contributed by atoms with Gasteiger partial charge in [0.05, 0.1) is 19.3 Å². The number of esters is 1. The maximum atomic E-state index is 13.5. The first kappa shape index (κ1) is 32.1. The quantitative estimate of drug-likeness (QED) is 0.255. The Labute approximate surface area is 231 Å². The third-order valence-electron chi connectivity index (χ3n) is 5.48. The van der Waals surface area contributed by atoms with E-state index in [9.17, 15) is 14.4 Å². The lowest BCUT2D eigenvalue weighted by atomic mass is 10.1. The van der Waals surface area contributed by atoms with Gasteiger partial charge in [-0.2, -0.15) is 4.90 Å². The summed E-state index contributed by atoms with van der Waals surface area (Å²) in [5.74, 6) is -0.301. The Kier molecular flexibility index (Phi) is 11.4. The Morgan fingerprint density at radius 3 is 2.10 bits per heavy atom. The highest BCUT2D eigenvalue weighted by molar-refractivity contribution is 5.94. The van der Waals surface area contributed by atoms with Crippen LogP contribution >= 0.6 is 0 Å². The van der Waals surface area contributed by atoms with Gasteiger partial charge in [0.1, 0.15) is 29.2 Å². The molecule has 0 spiro atoms. The number of nitrogens with zero attached hydrogens (tertiary/aromatic N) is 1. The second kappa shape index (κ2) is 13.8. The Hall–Kier alpha value is -3.11. The van der Waals surface area contributed by atoms with Crippen LogP contribution in [0.3, 0.4) is 0 Å². The molecule has 1 aromatic carbocycles. The van der Waals surface area contributed by atoms with Crippen LogP contribution < -0.4 is 4.74 Å². The standard InChI is InChI=1S/C29H43NO9/c1-10-20(11-2)37-24-19(3)35-25(31)22(17-34-18-23(24)36-21-15-13-12-14-16-21)30(26(32)38-28(4,5)6)27(33)39-29(7,8)9/h10,12-16,19-20,22-24H,1,11,17-18H2,2-9H3. The third kappa shape index (κ3) is 10.2. The Morgan fingerprint density at radius 1 is 1.05 bits per heavy atom. The fraction of sp³-hybridized carbons (Fsp3) is 0.621. The van der Waals surface area contributed by atoms with Crippen LogP contribution in [0.2, 0.25) is 0 Å². The molecule has 1 heterocycles. The van der Waals surface area contributed by atoms with Gasteiger partial charge < -0.3 is 28.4 Å². The monoisotopic (exact) mass is 549 g/mol. The molecule has 0 aliphatic carbocycles. The van der Waals surface area contributed by atoms with Crippen molar-refractivity contribution in [2.24, 2.45) is 0 Å². The van der Waals surface area contributed by atoms with E-state index in [0.29, 0.717) is 17.1 Å². The van der Waals surface area contributed by atoms with Crippen molar-refractivity contribution in [1.82, 2.24) is 4.90 Å². The zero-order valence-electron chi connectivity index (χ0n) is 24.3. The molecule has 5 unspecified atom stereocenters. The van der Waals surface area contributed by atoms with E-state index in [-0.39, 0.29) is 19.3 Å². The van der Waals surface area contributed by atoms with E-state index in [4.69, 9.17) is 28.4 Å². The number of carbonyl (C=O) groups is 3. The molecule has 1 fully saturated rings. The van der Waals surface area contributed by atoms with Crippen LogP contribution in [0.15, 0.2) is 43.0 Å². The van der Waals surface area contributed by atoms with Crippen molar-refractivity contribution in [3.05, 3.63) is 43.0 Å². The van der Waals surface area contributed by atoms with Crippen LogP contribution in [0, 0.1) is 0 Å². The van der Waals surface area contributed by atoms with Gasteiger partial charge in [0, 0.05) is 0 Å². The molecule has 0 N–H and O–H groups in total. The maximum absolute atomic E-state index is 13.5. The summed E-state index contributed by atoms with van der Waals surface area (Å²) >= 11 is 0. The van der Waals surface area contributed by atoms with E-state index in [1.807, 2.05) is 25.1 Å². The number of amides is 2. The highest BCUT2D eigenvalue weighted by atomic mass is 16.6. The first-order chi connectivity index (χ1) is 18.1. The number of benzene rings is 1. The fourth-order valence-corrected chi connectivity index (χ4v) is 3.71. The molecule has 0 radical (unpaired) electrons. The van der Waals surface area contributed by atoms with Gasteiger partial charge in [0.25, 0.3) is 0 Å². The Balaban J connectivity index is 2.44. The number of rotatable bonds is 7. The zero-order chi connectivity index (χ0) is 29.4. The van der Waals surface area contributed by atoms with Crippen LogP contribution in [0.25, 0.3) is 0 Å². The second-order valence-electron chi connectivity index (χ2n) is 11.3. The number of ether oxygens (including phenoxy) is 6. The molecule has 0 aromatic heterocycles. The van der Waals surface area contributed by atoms with Crippen molar-refractivity contribution in [3.63, 3.8) is 0 Å². The minimum absolute atomic E-state index is 0.0267. The number of carbonyl (C=O) groups excluding carboxylic acids is 3. The van der Waals surface area contributed by atoms with E-state index >= 15 is 0 Å². The van der Waals surface area contributed by atoms with E-state index in [1.54, 1.807) is 66.7 Å². The molecule has 5 atom stereocenters. The van der Waals surface area contributed by atoms with Crippen LogP contribution in [-0.4, -0.2) is 77.9 Å². The lowest BCUT2D eigenvalue weighted by Crippen LogP contribution is -2.54. The Bertz CT molecular complexity index is 939. The molecular weight excluding hydrogens is 506 g/mol. The van der Waals surface area contributed by atoms with Crippen molar-refractivity contribution in [1.29, 1.82) is 0 Å². The minimum Gasteiger partial charge on any atom is -0.485 e. The van der Waals surface area contributed by atoms with Gasteiger partial charge in [-0.25, -0.2) is 14.4 Å². The third-order valence-corrected chi connectivity index (χ3v) is 5.48. The van der Waals surface area contributed by atoms with E-state index in [2.05, 4.69) is 6.58 Å². The van der Waals surface area contributed by atoms with Crippen LogP contribution in [-0.2, 0) is 28.5 Å². The van der Waals surface area contributed by atoms with Crippen molar-refractivity contribution >= 4 is 18.2 Å². The molecule has 10 nitrogen and oxygen atoms in total. The van der Waals surface area contributed by atoms with Gasteiger partial charge in [-0.15, -0.1) is 6.58 Å². The molecule has 218 valence electrons. The largest absolute Gasteiger partial charge is 0.485 e. The molecule has 1 saturated heterocycles. The molecule has 1 aliphatic heterocycles. The highest BCUT2D eigenvalue weighted by Gasteiger charge is 2.44. The number of para-hydroxylation sites is 1. The van der Waals surface area contributed by atoms with E-state index in [0.717, 1.165) is 0 Å². The predicted molar refractivity (Wildman–Crippen MR) is 144 cm³/mol. The summed E-state index contributed by atoms with van der Waals surface area (Å²) in [6, 6.07) is 7.64. The second-order valence-corrected chi connectivity index (χ2v) is 11.3. The maximum Gasteiger partial charge on any atom is 0.420 e. The molecular formula is C29H43NO9. The van der Waals surface area contributed by atoms with Crippen molar-refractivity contribution in [2.45, 2.75) is 103 Å². The number of hydrogen-bond acceptors (Lipinski definition) is 9. The van der Waals surface area contributed by atoms with Gasteiger partial charge in [-0.05, 0) is 67.0 Å². The lowest BCUT2D eigenvalue weighted by Gasteiger charge is -2.33. The zero-order valence-corrected chi connectivity index (χ0v) is 24.3. The SMILES string of the molecule is C=CC(CC)OC1C(C)OC(=O)C(N(C(=O)OC(C)(C)C)C(=O)OC(C)(C)C)COCC1Oc1ccccc1. The summed E-state index contributed by atoms with van der Waals surface area (Å²) in [4.78, 5) is 40.4. The highest BCUT2D eigenvalue weighted by Crippen LogP contribution is 2.24. The molecule has 0 bridgehead atoms. The van der Waals surface area contributed by atoms with Gasteiger partial charge in [-0.1, -0.05) is 31.2 Å². The van der Waals surface area contributed by atoms with Gasteiger partial charge in [-0.3, -0.25) is 0 Å². The van der Waals surface area contributed by atoms with Gasteiger partial charge >= 0.3 is 18.2 Å². The summed E-state index contributed by atoms with van der Waals surface area (Å²) in [5.41, 5.74) is -1.89. The van der Waals surface area contributed by atoms with E-state index < -0.39 is 53.7 Å².